The summed E-state index contributed by atoms with van der Waals surface area (Å²) in [5.41, 5.74) is 2.71. The number of amides is 1. The average molecular weight is 428 g/mol. The summed E-state index contributed by atoms with van der Waals surface area (Å²) in [6.07, 6.45) is 3.80. The lowest BCUT2D eigenvalue weighted by Crippen LogP contribution is -2.13. The molecule has 1 heterocycles. The van der Waals surface area contributed by atoms with Gasteiger partial charge in [0.05, 0.1) is 0 Å². The first-order valence-corrected chi connectivity index (χ1v) is 9.91. The molecule has 1 amide bonds. The summed E-state index contributed by atoms with van der Waals surface area (Å²) >= 11 is 13.5. The highest BCUT2D eigenvalue weighted by molar-refractivity contribution is 7.15. The highest BCUT2D eigenvalue weighted by atomic mass is 35.5. The molecular weight excluding hydrogens is 413 g/mol. The Labute approximate surface area is 177 Å². The molecule has 1 N–H and O–H groups in total. The van der Waals surface area contributed by atoms with Crippen LogP contribution in [0.25, 0.3) is 6.08 Å². The SMILES string of the molecule is Cc1ccccc1C=C(C#N)C(=O)Nc1ncc(Cc2cc(Cl)ccc2Cl)s1. The summed E-state index contributed by atoms with van der Waals surface area (Å²) in [7, 11) is 0. The molecule has 28 heavy (non-hydrogen) atoms. The van der Waals surface area contributed by atoms with E-state index in [2.05, 4.69) is 10.3 Å². The van der Waals surface area contributed by atoms with Crippen LogP contribution in [0.1, 0.15) is 21.6 Å². The number of anilines is 1. The Morgan fingerprint density at radius 1 is 1.29 bits per heavy atom. The number of nitrogens with one attached hydrogen (secondary N) is 1. The van der Waals surface area contributed by atoms with Gasteiger partial charge in [-0.3, -0.25) is 10.1 Å². The van der Waals surface area contributed by atoms with Crippen molar-refractivity contribution >= 4 is 51.7 Å². The third-order valence-corrected chi connectivity index (χ3v) is 5.52. The predicted molar refractivity (Wildman–Crippen MR) is 115 cm³/mol. The molecule has 3 rings (SSSR count). The summed E-state index contributed by atoms with van der Waals surface area (Å²) in [5, 5.41) is 13.7. The number of nitrogens with zero attached hydrogens (tertiary/aromatic N) is 2. The second-order valence-electron chi connectivity index (χ2n) is 6.02. The third-order valence-electron chi connectivity index (χ3n) is 4.00. The van der Waals surface area contributed by atoms with Gasteiger partial charge in [0.25, 0.3) is 5.91 Å². The molecule has 0 atom stereocenters. The van der Waals surface area contributed by atoms with Crippen LogP contribution in [0.2, 0.25) is 10.0 Å². The summed E-state index contributed by atoms with van der Waals surface area (Å²) in [6.45, 7) is 1.92. The average Bonchev–Trinajstić information content (AvgIpc) is 3.10. The number of benzene rings is 2. The van der Waals surface area contributed by atoms with Crippen LogP contribution < -0.4 is 5.32 Å². The van der Waals surface area contributed by atoms with E-state index in [0.29, 0.717) is 21.6 Å². The zero-order valence-corrected chi connectivity index (χ0v) is 17.2. The Morgan fingerprint density at radius 2 is 2.07 bits per heavy atom. The van der Waals surface area contributed by atoms with E-state index in [4.69, 9.17) is 23.2 Å². The Kier molecular flexibility index (Phi) is 6.48. The van der Waals surface area contributed by atoms with Crippen LogP contribution in [0.5, 0.6) is 0 Å². The molecule has 4 nitrogen and oxygen atoms in total. The summed E-state index contributed by atoms with van der Waals surface area (Å²) < 4.78 is 0. The fourth-order valence-electron chi connectivity index (χ4n) is 2.53. The maximum absolute atomic E-state index is 12.5. The fourth-order valence-corrected chi connectivity index (χ4v) is 3.74. The molecule has 0 bridgehead atoms. The van der Waals surface area contributed by atoms with Crippen molar-refractivity contribution in [3.63, 3.8) is 0 Å². The number of hydrogen-bond donors (Lipinski definition) is 1. The largest absolute Gasteiger partial charge is 0.297 e. The highest BCUT2D eigenvalue weighted by Crippen LogP contribution is 2.27. The fraction of sp³-hybridized carbons (Fsp3) is 0.0952. The van der Waals surface area contributed by atoms with Crippen LogP contribution in [0.15, 0.2) is 54.2 Å². The number of halogens is 2. The second kappa shape index (κ2) is 9.03. The van der Waals surface area contributed by atoms with Crippen LogP contribution in [0.3, 0.4) is 0 Å². The van der Waals surface area contributed by atoms with Gasteiger partial charge in [-0.15, -0.1) is 11.3 Å². The monoisotopic (exact) mass is 427 g/mol. The first kappa shape index (κ1) is 20.1. The maximum Gasteiger partial charge on any atom is 0.268 e. The van der Waals surface area contributed by atoms with Gasteiger partial charge in [-0.2, -0.15) is 5.26 Å². The molecule has 0 saturated carbocycles. The quantitative estimate of drug-likeness (QED) is 0.407. The summed E-state index contributed by atoms with van der Waals surface area (Å²) in [4.78, 5) is 17.6. The topological polar surface area (TPSA) is 65.8 Å². The summed E-state index contributed by atoms with van der Waals surface area (Å²) in [5.74, 6) is -0.493. The van der Waals surface area contributed by atoms with Crippen molar-refractivity contribution in [2.24, 2.45) is 0 Å². The van der Waals surface area contributed by atoms with Gasteiger partial charge in [-0.25, -0.2) is 4.98 Å². The second-order valence-corrected chi connectivity index (χ2v) is 7.98. The predicted octanol–water partition coefficient (Wildman–Crippen LogP) is 5.89. The van der Waals surface area contributed by atoms with Gasteiger partial charge in [-0.1, -0.05) is 47.5 Å². The smallest absolute Gasteiger partial charge is 0.268 e. The number of carbonyl (C=O) groups is 1. The van der Waals surface area contributed by atoms with E-state index >= 15 is 0 Å². The lowest BCUT2D eigenvalue weighted by atomic mass is 10.1. The standard InChI is InChI=1S/C21H15Cl2N3OS/c1-13-4-2-3-5-14(13)8-16(11-24)20(27)26-21-25-12-18(28-21)10-15-9-17(22)6-7-19(15)23/h2-9,12H,10H2,1H3,(H,25,26,27). The Morgan fingerprint density at radius 3 is 2.82 bits per heavy atom. The number of hydrogen-bond acceptors (Lipinski definition) is 4. The van der Waals surface area contributed by atoms with Crippen molar-refractivity contribution in [2.45, 2.75) is 13.3 Å². The zero-order valence-electron chi connectivity index (χ0n) is 14.9. The van der Waals surface area contributed by atoms with E-state index in [9.17, 15) is 10.1 Å². The molecule has 140 valence electrons. The van der Waals surface area contributed by atoms with E-state index in [1.807, 2.05) is 37.3 Å². The van der Waals surface area contributed by atoms with Crippen molar-refractivity contribution in [1.29, 1.82) is 5.26 Å². The van der Waals surface area contributed by atoms with E-state index < -0.39 is 5.91 Å². The number of rotatable bonds is 5. The molecule has 0 spiro atoms. The van der Waals surface area contributed by atoms with Crippen LogP contribution in [-0.4, -0.2) is 10.9 Å². The minimum atomic E-state index is -0.493. The van der Waals surface area contributed by atoms with Gasteiger partial charge >= 0.3 is 0 Å². The molecule has 0 saturated heterocycles. The van der Waals surface area contributed by atoms with Crippen LogP contribution in [0, 0.1) is 18.3 Å². The van der Waals surface area contributed by atoms with Crippen molar-refractivity contribution in [2.75, 3.05) is 5.32 Å². The van der Waals surface area contributed by atoms with Gasteiger partial charge in [0.2, 0.25) is 0 Å². The number of thiazole rings is 1. The molecule has 2 aromatic carbocycles. The van der Waals surface area contributed by atoms with Gasteiger partial charge in [-0.05, 0) is 47.9 Å². The lowest BCUT2D eigenvalue weighted by molar-refractivity contribution is -0.112. The minimum Gasteiger partial charge on any atom is -0.297 e. The lowest BCUT2D eigenvalue weighted by Gasteiger charge is -2.03. The number of aromatic nitrogens is 1. The van der Waals surface area contributed by atoms with Crippen molar-refractivity contribution in [3.8, 4) is 6.07 Å². The van der Waals surface area contributed by atoms with Crippen LogP contribution in [0.4, 0.5) is 5.13 Å². The number of aryl methyl sites for hydroxylation is 1. The number of nitriles is 1. The first-order valence-electron chi connectivity index (χ1n) is 8.33. The van der Waals surface area contributed by atoms with Crippen molar-refractivity contribution in [1.82, 2.24) is 4.98 Å². The molecular formula is C21H15Cl2N3OS. The van der Waals surface area contributed by atoms with Crippen molar-refractivity contribution < 1.29 is 4.79 Å². The van der Waals surface area contributed by atoms with Crippen LogP contribution >= 0.6 is 34.5 Å². The molecule has 0 aliphatic carbocycles. The molecule has 7 heteroatoms. The zero-order chi connectivity index (χ0) is 20.1. The van der Waals surface area contributed by atoms with Gasteiger partial charge in [0, 0.05) is 27.5 Å². The Bertz CT molecular complexity index is 1100. The summed E-state index contributed by atoms with van der Waals surface area (Å²) in [6, 6.07) is 14.8. The van der Waals surface area contributed by atoms with Crippen LogP contribution in [-0.2, 0) is 11.2 Å². The van der Waals surface area contributed by atoms with Crippen molar-refractivity contribution in [3.05, 3.63) is 85.8 Å². The molecule has 3 aromatic rings. The third kappa shape index (κ3) is 4.99. The highest BCUT2D eigenvalue weighted by Gasteiger charge is 2.13. The molecule has 0 aliphatic heterocycles. The minimum absolute atomic E-state index is 0.0175. The van der Waals surface area contributed by atoms with E-state index in [1.165, 1.54) is 11.3 Å². The van der Waals surface area contributed by atoms with Gasteiger partial charge < -0.3 is 0 Å². The van der Waals surface area contributed by atoms with E-state index in [0.717, 1.165) is 21.6 Å². The molecule has 1 aromatic heterocycles. The van der Waals surface area contributed by atoms with E-state index in [1.54, 1.807) is 30.5 Å². The normalized spacial score (nSPS) is 11.1. The number of carbonyl (C=O) groups excluding carboxylic acids is 1. The van der Waals surface area contributed by atoms with Gasteiger partial charge in [0.1, 0.15) is 11.6 Å². The first-order chi connectivity index (χ1) is 13.5. The molecule has 0 fully saturated rings. The van der Waals surface area contributed by atoms with E-state index in [-0.39, 0.29) is 5.57 Å². The molecule has 0 unspecified atom stereocenters. The Balaban J connectivity index is 1.73. The van der Waals surface area contributed by atoms with Gasteiger partial charge in [0.15, 0.2) is 5.13 Å². The molecule has 0 radical (unpaired) electrons. The molecule has 0 aliphatic rings. The Hall–Kier alpha value is -2.65. The maximum atomic E-state index is 12.5.